The lowest BCUT2D eigenvalue weighted by atomic mass is 10.3. The summed E-state index contributed by atoms with van der Waals surface area (Å²) in [5.41, 5.74) is 0. The van der Waals surface area contributed by atoms with Crippen LogP contribution in [0.2, 0.25) is 0 Å². The molecule has 5 heteroatoms. The van der Waals surface area contributed by atoms with Crippen molar-refractivity contribution in [3.8, 4) is 5.75 Å². The first-order valence-electron chi connectivity index (χ1n) is 4.91. The van der Waals surface area contributed by atoms with Crippen LogP contribution in [0.15, 0.2) is 22.7 Å². The molecule has 1 rings (SSSR count). The van der Waals surface area contributed by atoms with E-state index in [4.69, 9.17) is 4.74 Å². The van der Waals surface area contributed by atoms with Gasteiger partial charge in [0.2, 0.25) is 5.91 Å². The van der Waals surface area contributed by atoms with Gasteiger partial charge in [-0.1, -0.05) is 15.9 Å². The van der Waals surface area contributed by atoms with E-state index in [1.165, 1.54) is 12.1 Å². The average molecular weight is 290 g/mol. The Morgan fingerprint density at radius 1 is 1.50 bits per heavy atom. The summed E-state index contributed by atoms with van der Waals surface area (Å²) in [7, 11) is 1.59. The number of benzene rings is 1. The highest BCUT2D eigenvalue weighted by atomic mass is 79.9. The van der Waals surface area contributed by atoms with Crippen LogP contribution in [0.5, 0.6) is 5.75 Å². The summed E-state index contributed by atoms with van der Waals surface area (Å²) >= 11 is 3.17. The fourth-order valence-electron chi connectivity index (χ4n) is 1.16. The third-order valence-electron chi connectivity index (χ3n) is 1.93. The van der Waals surface area contributed by atoms with Crippen LogP contribution in [-0.4, -0.2) is 19.6 Å². The van der Waals surface area contributed by atoms with Crippen molar-refractivity contribution in [1.82, 2.24) is 5.32 Å². The summed E-state index contributed by atoms with van der Waals surface area (Å²) in [5, 5.41) is 2.52. The van der Waals surface area contributed by atoms with Crippen LogP contribution in [-0.2, 0) is 4.79 Å². The monoisotopic (exact) mass is 289 g/mol. The molecule has 3 nitrogen and oxygen atoms in total. The lowest BCUT2D eigenvalue weighted by Crippen LogP contribution is -2.18. The molecule has 0 aliphatic heterocycles. The summed E-state index contributed by atoms with van der Waals surface area (Å²) < 4.78 is 18.9. The van der Waals surface area contributed by atoms with Crippen LogP contribution < -0.4 is 10.1 Å². The van der Waals surface area contributed by atoms with Gasteiger partial charge in [0.25, 0.3) is 0 Å². The summed E-state index contributed by atoms with van der Waals surface area (Å²) in [6.45, 7) is 0.392. The van der Waals surface area contributed by atoms with Gasteiger partial charge in [-0.3, -0.25) is 4.79 Å². The van der Waals surface area contributed by atoms with Crippen molar-refractivity contribution in [2.45, 2.75) is 12.8 Å². The quantitative estimate of drug-likeness (QED) is 0.846. The van der Waals surface area contributed by atoms with Gasteiger partial charge < -0.3 is 10.1 Å². The molecule has 0 fully saturated rings. The SMILES string of the molecule is CNC(=O)CCCOc1cc(F)cc(Br)c1. The molecule has 0 aliphatic rings. The first-order valence-corrected chi connectivity index (χ1v) is 5.70. The van der Waals surface area contributed by atoms with Crippen molar-refractivity contribution in [2.75, 3.05) is 13.7 Å². The number of nitrogens with one attached hydrogen (secondary N) is 1. The zero-order valence-corrected chi connectivity index (χ0v) is 10.5. The standard InChI is InChI=1S/C11H13BrFNO2/c1-14-11(15)3-2-4-16-10-6-8(12)5-9(13)7-10/h5-7H,2-4H2,1H3,(H,14,15). The molecule has 0 atom stereocenters. The average Bonchev–Trinajstić information content (AvgIpc) is 2.22. The summed E-state index contributed by atoms with van der Waals surface area (Å²) in [6, 6.07) is 4.35. The van der Waals surface area contributed by atoms with Gasteiger partial charge in [-0.2, -0.15) is 0 Å². The van der Waals surface area contributed by atoms with Crippen molar-refractivity contribution >= 4 is 21.8 Å². The molecule has 0 saturated carbocycles. The minimum absolute atomic E-state index is 0.0241. The van der Waals surface area contributed by atoms with Gasteiger partial charge >= 0.3 is 0 Å². The van der Waals surface area contributed by atoms with E-state index >= 15 is 0 Å². The maximum atomic E-state index is 12.9. The van der Waals surface area contributed by atoms with Gasteiger partial charge in [0.05, 0.1) is 6.61 Å². The molecule has 88 valence electrons. The van der Waals surface area contributed by atoms with E-state index in [-0.39, 0.29) is 11.7 Å². The second-order valence-electron chi connectivity index (χ2n) is 3.23. The van der Waals surface area contributed by atoms with Gasteiger partial charge in [-0.05, 0) is 18.6 Å². The number of rotatable bonds is 5. The number of ether oxygens (including phenoxy) is 1. The maximum absolute atomic E-state index is 12.9. The summed E-state index contributed by atoms with van der Waals surface area (Å²) in [6.07, 6.45) is 1.01. The molecular formula is C11H13BrFNO2. The Balaban J connectivity index is 2.34. The smallest absolute Gasteiger partial charge is 0.219 e. The second kappa shape index (κ2) is 6.48. The fourth-order valence-corrected chi connectivity index (χ4v) is 1.60. The first kappa shape index (κ1) is 13.0. The molecule has 1 N–H and O–H groups in total. The Kier molecular flexibility index (Phi) is 5.25. The van der Waals surface area contributed by atoms with E-state index in [0.717, 1.165) is 0 Å². The van der Waals surface area contributed by atoms with Gasteiger partial charge in [0.15, 0.2) is 0 Å². The van der Waals surface area contributed by atoms with Crippen LogP contribution in [0.3, 0.4) is 0 Å². The first-order chi connectivity index (χ1) is 7.61. The summed E-state index contributed by atoms with van der Waals surface area (Å²) in [5.74, 6) is 0.0866. The van der Waals surface area contributed by atoms with Crippen molar-refractivity contribution in [3.05, 3.63) is 28.5 Å². The number of halogens is 2. The van der Waals surface area contributed by atoms with Crippen LogP contribution in [0.25, 0.3) is 0 Å². The molecule has 1 aromatic carbocycles. The Labute approximate surface area is 102 Å². The third kappa shape index (κ3) is 4.61. The highest BCUT2D eigenvalue weighted by Crippen LogP contribution is 2.20. The van der Waals surface area contributed by atoms with Crippen LogP contribution in [0.4, 0.5) is 4.39 Å². The molecule has 0 bridgehead atoms. The van der Waals surface area contributed by atoms with Gasteiger partial charge in [0, 0.05) is 24.0 Å². The predicted octanol–water partition coefficient (Wildman–Crippen LogP) is 2.49. The minimum atomic E-state index is -0.351. The van der Waals surface area contributed by atoms with E-state index in [0.29, 0.717) is 29.7 Å². The molecule has 1 amide bonds. The molecule has 0 saturated heterocycles. The molecule has 0 unspecified atom stereocenters. The number of hydrogen-bond acceptors (Lipinski definition) is 2. The molecule has 16 heavy (non-hydrogen) atoms. The molecule has 0 aliphatic carbocycles. The second-order valence-corrected chi connectivity index (χ2v) is 4.15. The van der Waals surface area contributed by atoms with Crippen molar-refractivity contribution in [2.24, 2.45) is 0 Å². The van der Waals surface area contributed by atoms with Gasteiger partial charge in [0.1, 0.15) is 11.6 Å². The highest BCUT2D eigenvalue weighted by molar-refractivity contribution is 9.10. The highest BCUT2D eigenvalue weighted by Gasteiger charge is 2.01. The van der Waals surface area contributed by atoms with E-state index in [1.54, 1.807) is 13.1 Å². The molecular weight excluding hydrogens is 277 g/mol. The van der Waals surface area contributed by atoms with E-state index in [1.807, 2.05) is 0 Å². The zero-order valence-electron chi connectivity index (χ0n) is 8.93. The number of hydrogen-bond donors (Lipinski definition) is 1. The normalized spacial score (nSPS) is 9.94. The van der Waals surface area contributed by atoms with Crippen molar-refractivity contribution in [3.63, 3.8) is 0 Å². The van der Waals surface area contributed by atoms with Crippen molar-refractivity contribution in [1.29, 1.82) is 0 Å². The van der Waals surface area contributed by atoms with Crippen molar-refractivity contribution < 1.29 is 13.9 Å². The lowest BCUT2D eigenvalue weighted by molar-refractivity contribution is -0.120. The molecule has 0 spiro atoms. The zero-order chi connectivity index (χ0) is 12.0. The molecule has 0 heterocycles. The Morgan fingerprint density at radius 2 is 2.25 bits per heavy atom. The fraction of sp³-hybridized carbons (Fsp3) is 0.364. The minimum Gasteiger partial charge on any atom is -0.493 e. The van der Waals surface area contributed by atoms with E-state index in [9.17, 15) is 9.18 Å². The maximum Gasteiger partial charge on any atom is 0.219 e. The number of carbonyl (C=O) groups excluding carboxylic acids is 1. The number of carbonyl (C=O) groups is 1. The van der Waals surface area contributed by atoms with E-state index < -0.39 is 0 Å². The Morgan fingerprint density at radius 3 is 2.88 bits per heavy atom. The molecule has 0 aromatic heterocycles. The Bertz CT molecular complexity index is 351. The molecule has 1 aromatic rings. The lowest BCUT2D eigenvalue weighted by Gasteiger charge is -2.06. The summed E-state index contributed by atoms with van der Waals surface area (Å²) in [4.78, 5) is 10.9. The van der Waals surface area contributed by atoms with E-state index in [2.05, 4.69) is 21.2 Å². The largest absolute Gasteiger partial charge is 0.493 e. The van der Waals surface area contributed by atoms with Gasteiger partial charge in [-0.15, -0.1) is 0 Å². The molecule has 0 radical (unpaired) electrons. The van der Waals surface area contributed by atoms with Gasteiger partial charge in [-0.25, -0.2) is 4.39 Å². The topological polar surface area (TPSA) is 38.3 Å². The predicted molar refractivity (Wildman–Crippen MR) is 62.9 cm³/mol. The number of amides is 1. The Hall–Kier alpha value is -1.10. The van der Waals surface area contributed by atoms with Crippen LogP contribution in [0.1, 0.15) is 12.8 Å². The van der Waals surface area contributed by atoms with Crippen LogP contribution in [0, 0.1) is 5.82 Å². The van der Waals surface area contributed by atoms with Crippen LogP contribution >= 0.6 is 15.9 Å². The third-order valence-corrected chi connectivity index (χ3v) is 2.39.